The van der Waals surface area contributed by atoms with Crippen LogP contribution in [0.5, 0.6) is 0 Å². The Bertz CT molecular complexity index is 474. The van der Waals surface area contributed by atoms with Gasteiger partial charge in [0.05, 0.1) is 5.56 Å². The van der Waals surface area contributed by atoms with Crippen molar-refractivity contribution in [1.29, 1.82) is 0 Å². The Morgan fingerprint density at radius 1 is 1.35 bits per heavy atom. The summed E-state index contributed by atoms with van der Waals surface area (Å²) in [5.41, 5.74) is -1.03. The highest BCUT2D eigenvalue weighted by Crippen LogP contribution is 2.33. The number of benzene rings is 1. The van der Waals surface area contributed by atoms with E-state index in [0.29, 0.717) is 19.0 Å². The van der Waals surface area contributed by atoms with Crippen LogP contribution in [-0.2, 0) is 17.5 Å². The molecule has 0 fully saturated rings. The maximum atomic E-state index is 12.9. The normalized spacial score (nSPS) is 11.9. The van der Waals surface area contributed by atoms with Gasteiger partial charge in [0.25, 0.3) is 0 Å². The van der Waals surface area contributed by atoms with E-state index in [1.807, 2.05) is 0 Å². The summed E-state index contributed by atoms with van der Waals surface area (Å²) in [4.78, 5) is 11.9. The fourth-order valence-corrected chi connectivity index (χ4v) is 1.82. The first-order valence-electron chi connectivity index (χ1n) is 5.96. The van der Waals surface area contributed by atoms with Crippen LogP contribution < -0.4 is 0 Å². The van der Waals surface area contributed by atoms with Gasteiger partial charge in [0.2, 0.25) is 0 Å². The number of halogens is 4. The summed E-state index contributed by atoms with van der Waals surface area (Å²) in [5.74, 6) is -1.88. The summed E-state index contributed by atoms with van der Waals surface area (Å²) in [5, 5.41) is 8.49. The molecule has 0 bridgehead atoms. The molecule has 20 heavy (non-hydrogen) atoms. The van der Waals surface area contributed by atoms with Crippen molar-refractivity contribution in [2.45, 2.75) is 25.6 Å². The maximum Gasteiger partial charge on any atom is 0.416 e. The number of nitrogens with zero attached hydrogens (tertiary/aromatic N) is 1. The highest BCUT2D eigenvalue weighted by molar-refractivity contribution is 5.66. The van der Waals surface area contributed by atoms with E-state index >= 15 is 0 Å². The molecule has 0 atom stereocenters. The van der Waals surface area contributed by atoms with Crippen molar-refractivity contribution < 1.29 is 27.5 Å². The van der Waals surface area contributed by atoms with Gasteiger partial charge in [-0.1, -0.05) is 6.07 Å². The number of hydrogen-bond donors (Lipinski definition) is 1. The van der Waals surface area contributed by atoms with Crippen LogP contribution in [0.2, 0.25) is 0 Å². The molecule has 0 spiro atoms. The number of aliphatic carboxylic acids is 1. The molecule has 0 aromatic heterocycles. The van der Waals surface area contributed by atoms with Crippen LogP contribution in [0, 0.1) is 5.82 Å². The lowest BCUT2D eigenvalue weighted by Gasteiger charge is -2.19. The Balaban J connectivity index is 2.74. The molecule has 7 heteroatoms. The molecule has 0 aliphatic carbocycles. The quantitative estimate of drug-likeness (QED) is 0.819. The van der Waals surface area contributed by atoms with E-state index in [2.05, 4.69) is 0 Å². The lowest BCUT2D eigenvalue weighted by atomic mass is 10.1. The second-order valence-electron chi connectivity index (χ2n) is 4.53. The van der Waals surface area contributed by atoms with Crippen LogP contribution >= 0.6 is 0 Å². The minimum absolute atomic E-state index is 0.0191. The number of alkyl halides is 3. The molecule has 1 N–H and O–H groups in total. The summed E-state index contributed by atoms with van der Waals surface area (Å²) < 4.78 is 51.2. The summed E-state index contributed by atoms with van der Waals surface area (Å²) >= 11 is 0. The van der Waals surface area contributed by atoms with Crippen LogP contribution in [0.4, 0.5) is 17.6 Å². The molecule has 3 nitrogen and oxygen atoms in total. The van der Waals surface area contributed by atoms with Gasteiger partial charge in [0.1, 0.15) is 5.82 Å². The number of carboxylic acid groups (broad SMARTS) is 1. The lowest BCUT2D eigenvalue weighted by molar-refractivity contribution is -0.138. The molecular formula is C13H15F4NO2. The first kappa shape index (κ1) is 16.4. The number of carboxylic acids is 1. The van der Waals surface area contributed by atoms with Gasteiger partial charge in [-0.25, -0.2) is 4.39 Å². The second-order valence-corrected chi connectivity index (χ2v) is 4.53. The zero-order valence-corrected chi connectivity index (χ0v) is 10.9. The van der Waals surface area contributed by atoms with Crippen LogP contribution in [0.1, 0.15) is 24.0 Å². The van der Waals surface area contributed by atoms with Crippen LogP contribution in [0.3, 0.4) is 0 Å². The Hall–Kier alpha value is -1.63. The molecule has 0 aliphatic rings. The number of rotatable bonds is 6. The highest BCUT2D eigenvalue weighted by Gasteiger charge is 2.33. The van der Waals surface area contributed by atoms with Gasteiger partial charge in [-0.2, -0.15) is 13.2 Å². The smallest absolute Gasteiger partial charge is 0.416 e. The van der Waals surface area contributed by atoms with Crippen molar-refractivity contribution in [3.63, 3.8) is 0 Å². The van der Waals surface area contributed by atoms with Crippen LogP contribution in [0.25, 0.3) is 0 Å². The lowest BCUT2D eigenvalue weighted by Crippen LogP contribution is -2.22. The third-order valence-electron chi connectivity index (χ3n) is 2.75. The SMILES string of the molecule is CN(CCCC(=O)O)Cc1ccc(F)cc1C(F)(F)F. The van der Waals surface area contributed by atoms with Crippen molar-refractivity contribution >= 4 is 5.97 Å². The van der Waals surface area contributed by atoms with E-state index in [0.717, 1.165) is 12.1 Å². The number of carbonyl (C=O) groups is 1. The standard InChI is InChI=1S/C13H15F4NO2/c1-18(6-2-3-12(19)20)8-9-4-5-10(14)7-11(9)13(15,16)17/h4-5,7H,2-3,6,8H2,1H3,(H,19,20). The van der Waals surface area contributed by atoms with Crippen molar-refractivity contribution in [1.82, 2.24) is 4.90 Å². The first-order valence-corrected chi connectivity index (χ1v) is 5.96. The van der Waals surface area contributed by atoms with E-state index in [1.54, 1.807) is 11.9 Å². The maximum absolute atomic E-state index is 12.9. The van der Waals surface area contributed by atoms with Gasteiger partial charge >= 0.3 is 12.1 Å². The molecule has 0 heterocycles. The molecular weight excluding hydrogens is 278 g/mol. The third-order valence-corrected chi connectivity index (χ3v) is 2.75. The minimum atomic E-state index is -4.61. The van der Waals surface area contributed by atoms with Crippen LogP contribution in [0.15, 0.2) is 18.2 Å². The van der Waals surface area contributed by atoms with E-state index in [4.69, 9.17) is 5.11 Å². The molecule has 0 radical (unpaired) electrons. The van der Waals surface area contributed by atoms with Crippen molar-refractivity contribution in [2.24, 2.45) is 0 Å². The van der Waals surface area contributed by atoms with E-state index in [-0.39, 0.29) is 18.5 Å². The van der Waals surface area contributed by atoms with Gasteiger partial charge in [-0.3, -0.25) is 4.79 Å². The number of hydrogen-bond acceptors (Lipinski definition) is 2. The van der Waals surface area contributed by atoms with Crippen LogP contribution in [-0.4, -0.2) is 29.6 Å². The molecule has 0 saturated carbocycles. The average Bonchev–Trinajstić information content (AvgIpc) is 2.29. The Morgan fingerprint density at radius 3 is 2.55 bits per heavy atom. The summed E-state index contributed by atoms with van der Waals surface area (Å²) in [7, 11) is 1.59. The van der Waals surface area contributed by atoms with E-state index < -0.39 is 23.5 Å². The Kier molecular flexibility index (Phi) is 5.50. The average molecular weight is 293 g/mol. The predicted molar refractivity (Wildman–Crippen MR) is 64.6 cm³/mol. The molecule has 1 aromatic carbocycles. The molecule has 0 saturated heterocycles. The largest absolute Gasteiger partial charge is 0.481 e. The zero-order chi connectivity index (χ0) is 15.3. The fraction of sp³-hybridized carbons (Fsp3) is 0.462. The van der Waals surface area contributed by atoms with Gasteiger partial charge in [0.15, 0.2) is 0 Å². The zero-order valence-electron chi connectivity index (χ0n) is 10.9. The molecule has 1 aromatic rings. The monoisotopic (exact) mass is 293 g/mol. The van der Waals surface area contributed by atoms with Gasteiger partial charge in [-0.05, 0) is 37.7 Å². The second kappa shape index (κ2) is 6.69. The van der Waals surface area contributed by atoms with Gasteiger partial charge in [0, 0.05) is 13.0 Å². The predicted octanol–water partition coefficient (Wildman–Crippen LogP) is 3.14. The Morgan fingerprint density at radius 2 is 2.00 bits per heavy atom. The summed E-state index contributed by atoms with van der Waals surface area (Å²) in [6.45, 7) is 0.329. The van der Waals surface area contributed by atoms with Crippen molar-refractivity contribution in [3.05, 3.63) is 35.1 Å². The molecule has 0 amide bonds. The molecule has 0 unspecified atom stereocenters. The van der Waals surface area contributed by atoms with E-state index in [1.165, 1.54) is 0 Å². The molecule has 0 aliphatic heterocycles. The van der Waals surface area contributed by atoms with Crippen molar-refractivity contribution in [3.8, 4) is 0 Å². The van der Waals surface area contributed by atoms with Gasteiger partial charge in [-0.15, -0.1) is 0 Å². The molecule has 112 valence electrons. The third kappa shape index (κ3) is 5.16. The minimum Gasteiger partial charge on any atom is -0.481 e. The summed E-state index contributed by atoms with van der Waals surface area (Å²) in [6, 6.07) is 2.56. The molecule has 1 rings (SSSR count). The van der Waals surface area contributed by atoms with Crippen molar-refractivity contribution in [2.75, 3.05) is 13.6 Å². The topological polar surface area (TPSA) is 40.5 Å². The summed E-state index contributed by atoms with van der Waals surface area (Å²) in [6.07, 6.45) is -4.31. The first-order chi connectivity index (χ1) is 9.20. The highest BCUT2D eigenvalue weighted by atomic mass is 19.4. The van der Waals surface area contributed by atoms with Gasteiger partial charge < -0.3 is 10.0 Å². The van der Waals surface area contributed by atoms with E-state index in [9.17, 15) is 22.4 Å². The Labute approximate surface area is 113 Å². The fourth-order valence-electron chi connectivity index (χ4n) is 1.82.